The van der Waals surface area contributed by atoms with Gasteiger partial charge in [-0.25, -0.2) is 8.78 Å². The maximum atomic E-state index is 12.3. The molecule has 0 saturated carbocycles. The summed E-state index contributed by atoms with van der Waals surface area (Å²) in [4.78, 5) is 12.7. The molecular weight excluding hydrogens is 198 g/mol. The molecule has 0 aromatic carbocycles. The molecule has 7 heteroatoms. The smallest absolute Gasteiger partial charge is 0.300 e. The molecule has 0 aliphatic rings. The highest BCUT2D eigenvalue weighted by molar-refractivity contribution is 5.49. The van der Waals surface area contributed by atoms with E-state index in [0.29, 0.717) is 6.20 Å². The summed E-state index contributed by atoms with van der Waals surface area (Å²) in [5, 5.41) is 19.5. The first-order valence-electron chi connectivity index (χ1n) is 3.56. The van der Waals surface area contributed by atoms with Gasteiger partial charge < -0.3 is 5.11 Å². The molecule has 1 heterocycles. The molecule has 0 unspecified atom stereocenters. The summed E-state index contributed by atoms with van der Waals surface area (Å²) in [5.74, 6) is -0.825. The van der Waals surface area contributed by atoms with Crippen molar-refractivity contribution in [2.24, 2.45) is 0 Å². The van der Waals surface area contributed by atoms with Crippen LogP contribution in [0.2, 0.25) is 0 Å². The standard InChI is InChI=1S/C7H6F2N2O3/c1-3-6(12)5(7(8)9)4(2-10-3)11(13)14/h2,7,12H,1H3. The minimum absolute atomic E-state index is 0.0640. The Labute approximate surface area is 77.2 Å². The first-order chi connectivity index (χ1) is 6.45. The van der Waals surface area contributed by atoms with Gasteiger partial charge in [-0.3, -0.25) is 15.1 Å². The van der Waals surface area contributed by atoms with Crippen LogP contribution < -0.4 is 0 Å². The third kappa shape index (κ3) is 1.61. The second kappa shape index (κ2) is 3.52. The number of nitrogens with zero attached hydrogens (tertiary/aromatic N) is 2. The van der Waals surface area contributed by atoms with E-state index in [0.717, 1.165) is 0 Å². The van der Waals surface area contributed by atoms with Crippen LogP contribution in [-0.4, -0.2) is 15.0 Å². The van der Waals surface area contributed by atoms with Crippen molar-refractivity contribution >= 4 is 5.69 Å². The zero-order valence-electron chi connectivity index (χ0n) is 7.07. The van der Waals surface area contributed by atoms with Gasteiger partial charge in [0, 0.05) is 0 Å². The van der Waals surface area contributed by atoms with Crippen molar-refractivity contribution in [2.75, 3.05) is 0 Å². The predicted octanol–water partition coefficient (Wildman–Crippen LogP) is 1.94. The maximum Gasteiger partial charge on any atom is 0.300 e. The normalized spacial score (nSPS) is 10.6. The monoisotopic (exact) mass is 204 g/mol. The van der Waals surface area contributed by atoms with E-state index in [-0.39, 0.29) is 5.69 Å². The molecule has 14 heavy (non-hydrogen) atoms. The second-order valence-electron chi connectivity index (χ2n) is 2.55. The summed E-state index contributed by atoms with van der Waals surface area (Å²) in [6.07, 6.45) is -2.40. The number of hydrogen-bond donors (Lipinski definition) is 1. The SMILES string of the molecule is Cc1ncc([N+](=O)[O-])c(C(F)F)c1O. The summed E-state index contributed by atoms with van der Waals surface area (Å²) in [5.41, 5.74) is -1.92. The van der Waals surface area contributed by atoms with Crippen molar-refractivity contribution in [1.29, 1.82) is 0 Å². The zero-order valence-corrected chi connectivity index (χ0v) is 7.07. The number of rotatable bonds is 2. The highest BCUT2D eigenvalue weighted by Gasteiger charge is 2.27. The highest BCUT2D eigenvalue weighted by Crippen LogP contribution is 2.36. The lowest BCUT2D eigenvalue weighted by atomic mass is 10.2. The van der Waals surface area contributed by atoms with Gasteiger partial charge in [-0.15, -0.1) is 0 Å². The molecule has 0 saturated heterocycles. The van der Waals surface area contributed by atoms with Gasteiger partial charge in [0.1, 0.15) is 11.8 Å². The Balaban J connectivity index is 3.45. The molecule has 5 nitrogen and oxygen atoms in total. The van der Waals surface area contributed by atoms with E-state index in [4.69, 9.17) is 5.11 Å². The minimum atomic E-state index is -3.10. The van der Waals surface area contributed by atoms with Gasteiger partial charge in [0.2, 0.25) is 0 Å². The Morgan fingerprint density at radius 3 is 2.64 bits per heavy atom. The van der Waals surface area contributed by atoms with Gasteiger partial charge in [-0.2, -0.15) is 0 Å². The minimum Gasteiger partial charge on any atom is -0.505 e. The Kier molecular flexibility index (Phi) is 2.59. The topological polar surface area (TPSA) is 76.3 Å². The molecule has 0 fully saturated rings. The van der Waals surface area contributed by atoms with Gasteiger partial charge >= 0.3 is 0 Å². The van der Waals surface area contributed by atoms with Gasteiger partial charge in [-0.05, 0) is 6.92 Å². The van der Waals surface area contributed by atoms with E-state index in [1.165, 1.54) is 6.92 Å². The maximum absolute atomic E-state index is 12.3. The lowest BCUT2D eigenvalue weighted by molar-refractivity contribution is -0.386. The zero-order chi connectivity index (χ0) is 10.9. The van der Waals surface area contributed by atoms with Gasteiger partial charge in [0.15, 0.2) is 5.75 Å². The number of pyridine rings is 1. The lowest BCUT2D eigenvalue weighted by Gasteiger charge is -2.05. The van der Waals surface area contributed by atoms with Crippen LogP contribution in [0, 0.1) is 17.0 Å². The Bertz CT molecular complexity index is 381. The van der Waals surface area contributed by atoms with Crippen molar-refractivity contribution < 1.29 is 18.8 Å². The van der Waals surface area contributed by atoms with Crippen LogP contribution in [0.25, 0.3) is 0 Å². The van der Waals surface area contributed by atoms with Crippen molar-refractivity contribution in [2.45, 2.75) is 13.3 Å². The molecule has 0 radical (unpaired) electrons. The number of hydrogen-bond acceptors (Lipinski definition) is 4. The van der Waals surface area contributed by atoms with E-state index in [2.05, 4.69) is 4.98 Å². The molecule has 1 aromatic rings. The molecule has 1 N–H and O–H groups in total. The fraction of sp³-hybridized carbons (Fsp3) is 0.286. The van der Waals surface area contributed by atoms with Gasteiger partial charge in [-0.1, -0.05) is 0 Å². The molecule has 0 amide bonds. The number of nitro groups is 1. The van der Waals surface area contributed by atoms with E-state index >= 15 is 0 Å². The number of aryl methyl sites for hydroxylation is 1. The number of aromatic hydroxyl groups is 1. The van der Waals surface area contributed by atoms with Crippen LogP contribution in [0.3, 0.4) is 0 Å². The average Bonchev–Trinajstić information content (AvgIpc) is 2.08. The molecule has 0 aliphatic carbocycles. The van der Waals surface area contributed by atoms with E-state index in [1.54, 1.807) is 0 Å². The van der Waals surface area contributed by atoms with E-state index in [9.17, 15) is 18.9 Å². The summed E-state index contributed by atoms with van der Waals surface area (Å²) >= 11 is 0. The third-order valence-electron chi connectivity index (χ3n) is 1.67. The van der Waals surface area contributed by atoms with Crippen LogP contribution >= 0.6 is 0 Å². The quantitative estimate of drug-likeness (QED) is 0.589. The molecule has 0 spiro atoms. The average molecular weight is 204 g/mol. The molecule has 0 atom stereocenters. The fourth-order valence-electron chi connectivity index (χ4n) is 0.965. The number of aromatic nitrogens is 1. The molecule has 0 aliphatic heterocycles. The first kappa shape index (κ1) is 10.3. The van der Waals surface area contributed by atoms with Crippen molar-refractivity contribution in [3.63, 3.8) is 0 Å². The summed E-state index contributed by atoms with van der Waals surface area (Å²) in [7, 11) is 0. The van der Waals surface area contributed by atoms with Crippen LogP contribution in [-0.2, 0) is 0 Å². The first-order valence-corrected chi connectivity index (χ1v) is 3.56. The largest absolute Gasteiger partial charge is 0.505 e. The van der Waals surface area contributed by atoms with E-state index < -0.39 is 28.3 Å². The Morgan fingerprint density at radius 2 is 2.21 bits per heavy atom. The molecule has 1 rings (SSSR count). The molecule has 1 aromatic heterocycles. The Morgan fingerprint density at radius 1 is 1.64 bits per heavy atom. The lowest BCUT2D eigenvalue weighted by Crippen LogP contribution is -1.99. The summed E-state index contributed by atoms with van der Waals surface area (Å²) in [6, 6.07) is 0. The third-order valence-corrected chi connectivity index (χ3v) is 1.67. The van der Waals surface area contributed by atoms with Crippen molar-refractivity contribution in [3.05, 3.63) is 27.6 Å². The predicted molar refractivity (Wildman–Crippen MR) is 42.3 cm³/mol. The number of halogens is 2. The fourth-order valence-corrected chi connectivity index (χ4v) is 0.965. The van der Waals surface area contributed by atoms with E-state index in [1.807, 2.05) is 0 Å². The highest BCUT2D eigenvalue weighted by atomic mass is 19.3. The van der Waals surface area contributed by atoms with Gasteiger partial charge in [0.05, 0.1) is 10.6 Å². The van der Waals surface area contributed by atoms with Gasteiger partial charge in [0.25, 0.3) is 12.1 Å². The van der Waals surface area contributed by atoms with Crippen molar-refractivity contribution in [3.8, 4) is 5.75 Å². The molecular formula is C7H6F2N2O3. The van der Waals surface area contributed by atoms with Crippen LogP contribution in [0.15, 0.2) is 6.20 Å². The molecule has 0 bridgehead atoms. The van der Waals surface area contributed by atoms with Crippen LogP contribution in [0.4, 0.5) is 14.5 Å². The molecule has 76 valence electrons. The summed E-state index contributed by atoms with van der Waals surface area (Å²) < 4.78 is 24.7. The number of alkyl halides is 2. The summed E-state index contributed by atoms with van der Waals surface area (Å²) in [6.45, 7) is 1.28. The van der Waals surface area contributed by atoms with Crippen molar-refractivity contribution in [1.82, 2.24) is 4.98 Å². The van der Waals surface area contributed by atoms with Crippen LogP contribution in [0.5, 0.6) is 5.75 Å². The Hall–Kier alpha value is -1.79. The second-order valence-corrected chi connectivity index (χ2v) is 2.55. The van der Waals surface area contributed by atoms with Crippen LogP contribution in [0.1, 0.15) is 17.7 Å².